The van der Waals surface area contributed by atoms with Gasteiger partial charge in [0.25, 0.3) is 0 Å². The molecule has 0 aliphatic rings. The quantitative estimate of drug-likeness (QED) is 0.653. The van der Waals surface area contributed by atoms with Gasteiger partial charge in [-0.25, -0.2) is 9.78 Å². The van der Waals surface area contributed by atoms with Crippen molar-refractivity contribution in [3.63, 3.8) is 0 Å². The van der Waals surface area contributed by atoms with Gasteiger partial charge in [-0.15, -0.1) is 11.3 Å². The fourth-order valence-electron chi connectivity index (χ4n) is 2.27. The number of hydrogen-bond acceptors (Lipinski definition) is 4. The van der Waals surface area contributed by atoms with Gasteiger partial charge in [0.05, 0.1) is 16.8 Å². The summed E-state index contributed by atoms with van der Waals surface area (Å²) >= 11 is 1.67. The Labute approximate surface area is 137 Å². The summed E-state index contributed by atoms with van der Waals surface area (Å²) in [5.74, 6) is 0.686. The van der Waals surface area contributed by atoms with Gasteiger partial charge in [0.2, 0.25) is 0 Å². The molecular weight excluding hydrogens is 298 g/mol. The Kier molecular flexibility index (Phi) is 8.42. The molecule has 0 aliphatic heterocycles. The summed E-state index contributed by atoms with van der Waals surface area (Å²) in [4.78, 5) is 16.2. The van der Waals surface area contributed by atoms with Crippen LogP contribution in [0.5, 0.6) is 0 Å². The minimum atomic E-state index is -0.479. The van der Waals surface area contributed by atoms with Crippen molar-refractivity contribution < 1.29 is 9.90 Å². The first kappa shape index (κ1) is 18.9. The van der Waals surface area contributed by atoms with E-state index < -0.39 is 6.10 Å². The monoisotopic (exact) mass is 327 g/mol. The van der Waals surface area contributed by atoms with Gasteiger partial charge in [0, 0.05) is 30.8 Å². The third-order valence-corrected chi connectivity index (χ3v) is 4.99. The topological polar surface area (TPSA) is 74.2 Å². The second-order valence-electron chi connectivity index (χ2n) is 5.86. The van der Waals surface area contributed by atoms with E-state index in [-0.39, 0.29) is 11.9 Å². The molecule has 2 amide bonds. The normalized spacial score (nSPS) is 12.7. The number of urea groups is 1. The van der Waals surface area contributed by atoms with Gasteiger partial charge in [0.1, 0.15) is 0 Å². The van der Waals surface area contributed by atoms with Gasteiger partial charge >= 0.3 is 6.03 Å². The molecule has 0 radical (unpaired) electrons. The predicted octanol–water partition coefficient (Wildman–Crippen LogP) is 2.91. The number of nitrogens with zero attached hydrogens (tertiary/aromatic N) is 1. The molecule has 1 unspecified atom stereocenters. The number of hydrogen-bond donors (Lipinski definition) is 3. The van der Waals surface area contributed by atoms with Crippen LogP contribution in [0.3, 0.4) is 0 Å². The lowest BCUT2D eigenvalue weighted by molar-refractivity contribution is 0.103. The first-order chi connectivity index (χ1) is 10.5. The molecule has 0 bridgehead atoms. The third-order valence-electron chi connectivity index (χ3n) is 3.79. The van der Waals surface area contributed by atoms with E-state index in [0.29, 0.717) is 19.0 Å². The van der Waals surface area contributed by atoms with Crippen LogP contribution in [-0.4, -0.2) is 35.3 Å². The van der Waals surface area contributed by atoms with E-state index in [2.05, 4.69) is 43.3 Å². The molecular formula is C16H29N3O2S. The van der Waals surface area contributed by atoms with Crippen molar-refractivity contribution in [2.45, 2.75) is 59.0 Å². The maximum absolute atomic E-state index is 11.7. The Balaban J connectivity index is 2.22. The first-order valence-electron chi connectivity index (χ1n) is 8.11. The molecule has 0 spiro atoms. The molecule has 1 aromatic rings. The number of aliphatic hydroxyl groups is 1. The molecule has 3 N–H and O–H groups in total. The number of nitrogens with one attached hydrogen (secondary N) is 2. The van der Waals surface area contributed by atoms with Crippen molar-refractivity contribution in [1.29, 1.82) is 0 Å². The predicted molar refractivity (Wildman–Crippen MR) is 91.4 cm³/mol. The zero-order valence-electron chi connectivity index (χ0n) is 14.1. The van der Waals surface area contributed by atoms with E-state index in [9.17, 15) is 9.90 Å². The Hall–Kier alpha value is -1.14. The molecule has 1 rings (SSSR count). The van der Waals surface area contributed by atoms with Crippen LogP contribution in [0.1, 0.15) is 57.2 Å². The van der Waals surface area contributed by atoms with Crippen molar-refractivity contribution in [2.24, 2.45) is 5.92 Å². The smallest absolute Gasteiger partial charge is 0.314 e. The molecule has 5 nitrogen and oxygen atoms in total. The lowest BCUT2D eigenvalue weighted by atomic mass is 9.97. The molecule has 1 heterocycles. The molecule has 0 aromatic carbocycles. The van der Waals surface area contributed by atoms with Crippen LogP contribution >= 0.6 is 11.3 Å². The standard InChI is InChI=1S/C16H29N3O2S/c1-5-12(6-2)14(20)9-18-16(21)17-8-7-13-10-22-15(19-13)11(3)4/h10-12,14,20H,5-9H2,1-4H3,(H2,17,18,21). The van der Waals surface area contributed by atoms with Crippen molar-refractivity contribution in [3.05, 3.63) is 16.1 Å². The van der Waals surface area contributed by atoms with E-state index >= 15 is 0 Å². The lowest BCUT2D eigenvalue weighted by Crippen LogP contribution is -2.42. The van der Waals surface area contributed by atoms with Crippen LogP contribution in [0.15, 0.2) is 5.38 Å². The summed E-state index contributed by atoms with van der Waals surface area (Å²) in [6.45, 7) is 9.20. The highest BCUT2D eigenvalue weighted by atomic mass is 32.1. The van der Waals surface area contributed by atoms with Crippen LogP contribution < -0.4 is 10.6 Å². The van der Waals surface area contributed by atoms with Gasteiger partial charge in [-0.1, -0.05) is 40.5 Å². The molecule has 126 valence electrons. The lowest BCUT2D eigenvalue weighted by Gasteiger charge is -2.20. The fourth-order valence-corrected chi connectivity index (χ4v) is 3.14. The van der Waals surface area contributed by atoms with Crippen LogP contribution in [0.4, 0.5) is 4.79 Å². The van der Waals surface area contributed by atoms with Crippen LogP contribution in [0, 0.1) is 5.92 Å². The third kappa shape index (κ3) is 6.32. The van der Waals surface area contributed by atoms with Crippen molar-refractivity contribution >= 4 is 17.4 Å². The van der Waals surface area contributed by atoms with Crippen molar-refractivity contribution in [1.82, 2.24) is 15.6 Å². The van der Waals surface area contributed by atoms with E-state index in [0.717, 1.165) is 30.0 Å². The summed E-state index contributed by atoms with van der Waals surface area (Å²) < 4.78 is 0. The summed E-state index contributed by atoms with van der Waals surface area (Å²) in [5, 5.41) is 18.7. The first-order valence-corrected chi connectivity index (χ1v) is 8.99. The zero-order chi connectivity index (χ0) is 16.5. The Morgan fingerprint density at radius 1 is 1.32 bits per heavy atom. The van der Waals surface area contributed by atoms with E-state index in [1.54, 1.807) is 11.3 Å². The number of rotatable bonds is 9. The molecule has 0 fully saturated rings. The molecule has 0 saturated heterocycles. The van der Waals surface area contributed by atoms with Gasteiger partial charge < -0.3 is 15.7 Å². The minimum absolute atomic E-state index is 0.232. The van der Waals surface area contributed by atoms with E-state index in [4.69, 9.17) is 0 Å². The number of amides is 2. The van der Waals surface area contributed by atoms with Crippen LogP contribution in [0.25, 0.3) is 0 Å². The van der Waals surface area contributed by atoms with Gasteiger partial charge in [-0.3, -0.25) is 0 Å². The van der Waals surface area contributed by atoms with Crippen LogP contribution in [0.2, 0.25) is 0 Å². The molecule has 1 atom stereocenters. The number of carbonyl (C=O) groups excluding carboxylic acids is 1. The summed E-state index contributed by atoms with van der Waals surface area (Å²) in [6, 6.07) is -0.232. The molecule has 0 aliphatic carbocycles. The van der Waals surface area contributed by atoms with Crippen molar-refractivity contribution in [3.8, 4) is 0 Å². The van der Waals surface area contributed by atoms with Crippen LogP contribution in [-0.2, 0) is 6.42 Å². The largest absolute Gasteiger partial charge is 0.391 e. The number of carbonyl (C=O) groups is 1. The SMILES string of the molecule is CCC(CC)C(O)CNC(=O)NCCc1csc(C(C)C)n1. The minimum Gasteiger partial charge on any atom is -0.391 e. The van der Waals surface area contributed by atoms with Gasteiger partial charge in [-0.05, 0) is 5.92 Å². The maximum atomic E-state index is 11.7. The van der Waals surface area contributed by atoms with E-state index in [1.165, 1.54) is 0 Å². The highest BCUT2D eigenvalue weighted by Crippen LogP contribution is 2.19. The summed E-state index contributed by atoms with van der Waals surface area (Å²) in [7, 11) is 0. The fraction of sp³-hybridized carbons (Fsp3) is 0.750. The second-order valence-corrected chi connectivity index (χ2v) is 6.75. The van der Waals surface area contributed by atoms with Gasteiger partial charge in [-0.2, -0.15) is 0 Å². The highest BCUT2D eigenvalue weighted by molar-refractivity contribution is 7.09. The number of aliphatic hydroxyl groups excluding tert-OH is 1. The Morgan fingerprint density at radius 3 is 2.55 bits per heavy atom. The average molecular weight is 327 g/mol. The zero-order valence-corrected chi connectivity index (χ0v) is 14.9. The Bertz CT molecular complexity index is 444. The molecule has 22 heavy (non-hydrogen) atoms. The number of thiazole rings is 1. The maximum Gasteiger partial charge on any atom is 0.314 e. The Morgan fingerprint density at radius 2 is 2.00 bits per heavy atom. The highest BCUT2D eigenvalue weighted by Gasteiger charge is 2.16. The molecule has 0 saturated carbocycles. The molecule has 6 heteroatoms. The number of aromatic nitrogens is 1. The summed E-state index contributed by atoms with van der Waals surface area (Å²) in [6.07, 6.45) is 2.09. The van der Waals surface area contributed by atoms with Crippen molar-refractivity contribution in [2.75, 3.05) is 13.1 Å². The second kappa shape index (κ2) is 9.79. The van der Waals surface area contributed by atoms with Gasteiger partial charge in [0.15, 0.2) is 0 Å². The average Bonchev–Trinajstić information content (AvgIpc) is 2.95. The molecule has 1 aromatic heterocycles. The summed E-state index contributed by atoms with van der Waals surface area (Å²) in [5.41, 5.74) is 1.02. The van der Waals surface area contributed by atoms with E-state index in [1.807, 2.05) is 5.38 Å².